The van der Waals surface area contributed by atoms with Crippen LogP contribution in [0.1, 0.15) is 32.6 Å². The molecule has 2 aliphatic rings. The number of nitrogens with one attached hydrogen (secondary N) is 2. The molecule has 0 aromatic heterocycles. The van der Waals surface area contributed by atoms with Crippen molar-refractivity contribution in [3.63, 3.8) is 0 Å². The summed E-state index contributed by atoms with van der Waals surface area (Å²) >= 11 is 0. The fraction of sp³-hybridized carbons (Fsp3) is 0.846. The number of hydrogen-bond acceptors (Lipinski definition) is 3. The van der Waals surface area contributed by atoms with E-state index in [0.717, 1.165) is 6.54 Å². The highest BCUT2D eigenvalue weighted by molar-refractivity contribution is 5.83. The predicted octanol–water partition coefficient (Wildman–Crippen LogP) is 0.112. The van der Waals surface area contributed by atoms with Crippen LogP contribution >= 0.6 is 0 Å². The Bertz CT molecular complexity index is 318. The van der Waals surface area contributed by atoms with Crippen molar-refractivity contribution >= 4 is 11.8 Å². The topological polar surface area (TPSA) is 61.4 Å². The number of amides is 2. The molecule has 0 radical (unpaired) electrons. The first-order valence-electron chi connectivity index (χ1n) is 6.79. The maximum absolute atomic E-state index is 11.5. The minimum atomic E-state index is -0.164. The van der Waals surface area contributed by atoms with Crippen LogP contribution in [0.15, 0.2) is 0 Å². The van der Waals surface area contributed by atoms with E-state index in [1.807, 2.05) is 0 Å². The zero-order valence-corrected chi connectivity index (χ0v) is 11.2. The zero-order chi connectivity index (χ0) is 13.1. The van der Waals surface area contributed by atoms with Gasteiger partial charge < -0.3 is 15.5 Å². The van der Waals surface area contributed by atoms with E-state index in [0.29, 0.717) is 18.0 Å². The van der Waals surface area contributed by atoms with Gasteiger partial charge in [0.1, 0.15) is 0 Å². The van der Waals surface area contributed by atoms with Gasteiger partial charge in [-0.1, -0.05) is 0 Å². The van der Waals surface area contributed by atoms with Crippen molar-refractivity contribution in [1.82, 2.24) is 15.5 Å². The zero-order valence-electron chi connectivity index (χ0n) is 11.2. The molecule has 0 aromatic rings. The van der Waals surface area contributed by atoms with Crippen LogP contribution in [0.4, 0.5) is 0 Å². The minimum Gasteiger partial charge on any atom is -0.354 e. The summed E-state index contributed by atoms with van der Waals surface area (Å²) in [5.74, 6) is 0.346. The average molecular weight is 253 g/mol. The molecule has 2 atom stereocenters. The molecule has 2 saturated heterocycles. The molecule has 2 unspecified atom stereocenters. The summed E-state index contributed by atoms with van der Waals surface area (Å²) in [5, 5.41) is 5.43. The third-order valence-electron chi connectivity index (χ3n) is 4.28. The quantitative estimate of drug-likeness (QED) is 0.747. The van der Waals surface area contributed by atoms with Crippen molar-refractivity contribution in [2.24, 2.45) is 5.92 Å². The number of piperidine rings is 1. The largest absolute Gasteiger partial charge is 0.354 e. The van der Waals surface area contributed by atoms with Crippen LogP contribution in [0.2, 0.25) is 0 Å². The first kappa shape index (κ1) is 13.3. The van der Waals surface area contributed by atoms with Gasteiger partial charge in [0.2, 0.25) is 11.8 Å². The Morgan fingerprint density at radius 3 is 2.33 bits per heavy atom. The minimum absolute atomic E-state index is 0.0866. The van der Waals surface area contributed by atoms with E-state index in [-0.39, 0.29) is 18.4 Å². The highest BCUT2D eigenvalue weighted by Crippen LogP contribution is 2.36. The molecule has 0 saturated carbocycles. The standard InChI is InChI=1S/C13H23N3O2/c1-9(17)14-8-13(18)15-7-10-5-11-3-4-12(6-10)16(11)2/h10-12H,3-8H2,1-2H3,(H,14,17)(H,15,18). The second-order valence-corrected chi connectivity index (χ2v) is 5.60. The molecule has 0 aromatic carbocycles. The molecule has 2 fully saturated rings. The van der Waals surface area contributed by atoms with Gasteiger partial charge in [-0.25, -0.2) is 0 Å². The van der Waals surface area contributed by atoms with Crippen molar-refractivity contribution in [1.29, 1.82) is 0 Å². The lowest BCUT2D eigenvalue weighted by molar-refractivity contribution is -0.125. The van der Waals surface area contributed by atoms with E-state index in [1.54, 1.807) is 0 Å². The Labute approximate surface area is 108 Å². The predicted molar refractivity (Wildman–Crippen MR) is 69.0 cm³/mol. The van der Waals surface area contributed by atoms with Gasteiger partial charge in [0.25, 0.3) is 0 Å². The maximum atomic E-state index is 11.5. The van der Waals surface area contributed by atoms with Gasteiger partial charge in [-0.2, -0.15) is 0 Å². The van der Waals surface area contributed by atoms with Gasteiger partial charge in [0.05, 0.1) is 6.54 Å². The number of rotatable bonds is 4. The molecule has 2 bridgehead atoms. The summed E-state index contributed by atoms with van der Waals surface area (Å²) in [5.41, 5.74) is 0. The second kappa shape index (κ2) is 5.69. The highest BCUT2D eigenvalue weighted by atomic mass is 16.2. The molecule has 2 amide bonds. The van der Waals surface area contributed by atoms with Crippen molar-refractivity contribution in [2.75, 3.05) is 20.1 Å². The SMILES string of the molecule is CC(=O)NCC(=O)NCC1CC2CCC(C1)N2C. The van der Waals surface area contributed by atoms with Crippen molar-refractivity contribution in [3.8, 4) is 0 Å². The van der Waals surface area contributed by atoms with Gasteiger partial charge in [-0.15, -0.1) is 0 Å². The van der Waals surface area contributed by atoms with Gasteiger partial charge in [-0.3, -0.25) is 9.59 Å². The number of hydrogen-bond donors (Lipinski definition) is 2. The molecule has 2 heterocycles. The van der Waals surface area contributed by atoms with Gasteiger partial charge >= 0.3 is 0 Å². The first-order valence-corrected chi connectivity index (χ1v) is 6.79. The first-order chi connectivity index (χ1) is 8.56. The smallest absolute Gasteiger partial charge is 0.239 e. The molecular formula is C13H23N3O2. The van der Waals surface area contributed by atoms with E-state index < -0.39 is 0 Å². The molecular weight excluding hydrogens is 230 g/mol. The molecule has 2 rings (SSSR count). The normalized spacial score (nSPS) is 31.1. The third kappa shape index (κ3) is 3.22. The summed E-state index contributed by atoms with van der Waals surface area (Å²) in [4.78, 5) is 24.7. The number of nitrogens with zero attached hydrogens (tertiary/aromatic N) is 1. The lowest BCUT2D eigenvalue weighted by Crippen LogP contribution is -2.44. The molecule has 102 valence electrons. The van der Waals surface area contributed by atoms with Gasteiger partial charge in [-0.05, 0) is 38.6 Å². The van der Waals surface area contributed by atoms with Crippen LogP contribution in [0, 0.1) is 5.92 Å². The molecule has 18 heavy (non-hydrogen) atoms. The molecule has 0 aliphatic carbocycles. The Kier molecular flexibility index (Phi) is 4.22. The summed E-state index contributed by atoms with van der Waals surface area (Å²) in [7, 11) is 2.22. The Morgan fingerprint density at radius 1 is 1.17 bits per heavy atom. The fourth-order valence-corrected chi connectivity index (χ4v) is 3.22. The second-order valence-electron chi connectivity index (χ2n) is 5.60. The van der Waals surface area contributed by atoms with Crippen LogP contribution in [-0.2, 0) is 9.59 Å². The van der Waals surface area contributed by atoms with Crippen LogP contribution in [0.25, 0.3) is 0 Å². The molecule has 5 heteroatoms. The number of carbonyl (C=O) groups excluding carboxylic acids is 2. The number of fused-ring (bicyclic) bond motifs is 2. The van der Waals surface area contributed by atoms with E-state index in [9.17, 15) is 9.59 Å². The Balaban J connectivity index is 1.69. The molecule has 0 spiro atoms. The summed E-state index contributed by atoms with van der Waals surface area (Å²) in [6.45, 7) is 2.26. The molecule has 2 N–H and O–H groups in total. The molecule has 2 aliphatic heterocycles. The Morgan fingerprint density at radius 2 is 1.78 bits per heavy atom. The highest BCUT2D eigenvalue weighted by Gasteiger charge is 2.38. The van der Waals surface area contributed by atoms with E-state index in [2.05, 4.69) is 22.6 Å². The van der Waals surface area contributed by atoms with Crippen LogP contribution in [0.5, 0.6) is 0 Å². The van der Waals surface area contributed by atoms with Crippen molar-refractivity contribution in [3.05, 3.63) is 0 Å². The summed E-state index contributed by atoms with van der Waals surface area (Å²) in [6, 6.07) is 1.42. The van der Waals surface area contributed by atoms with Crippen molar-refractivity contribution < 1.29 is 9.59 Å². The summed E-state index contributed by atoms with van der Waals surface area (Å²) in [6.07, 6.45) is 4.98. The average Bonchev–Trinajstić information content (AvgIpc) is 2.55. The Hall–Kier alpha value is -1.10. The van der Waals surface area contributed by atoms with Crippen LogP contribution < -0.4 is 10.6 Å². The number of carbonyl (C=O) groups is 2. The van der Waals surface area contributed by atoms with E-state index in [4.69, 9.17) is 0 Å². The van der Waals surface area contributed by atoms with Crippen LogP contribution in [0.3, 0.4) is 0 Å². The monoisotopic (exact) mass is 253 g/mol. The van der Waals surface area contributed by atoms with Crippen LogP contribution in [-0.4, -0.2) is 48.9 Å². The van der Waals surface area contributed by atoms with Gasteiger partial charge in [0, 0.05) is 25.6 Å². The fourth-order valence-electron chi connectivity index (χ4n) is 3.22. The lowest BCUT2D eigenvalue weighted by atomic mass is 9.91. The van der Waals surface area contributed by atoms with Crippen molar-refractivity contribution in [2.45, 2.75) is 44.7 Å². The third-order valence-corrected chi connectivity index (χ3v) is 4.28. The summed E-state index contributed by atoms with van der Waals surface area (Å²) < 4.78 is 0. The van der Waals surface area contributed by atoms with E-state index in [1.165, 1.54) is 32.6 Å². The maximum Gasteiger partial charge on any atom is 0.239 e. The van der Waals surface area contributed by atoms with Gasteiger partial charge in [0.15, 0.2) is 0 Å². The van der Waals surface area contributed by atoms with E-state index >= 15 is 0 Å². The lowest BCUT2D eigenvalue weighted by Gasteiger charge is -2.36. The molecule has 5 nitrogen and oxygen atoms in total.